The maximum Gasteiger partial charge on any atom is 0.406 e. The van der Waals surface area contributed by atoms with Crippen LogP contribution in [0, 0.1) is 0 Å². The summed E-state index contributed by atoms with van der Waals surface area (Å²) in [6.45, 7) is 5.48. The van der Waals surface area contributed by atoms with Gasteiger partial charge in [-0.25, -0.2) is 4.79 Å². The Bertz CT molecular complexity index is 2010. The topological polar surface area (TPSA) is 123 Å². The second kappa shape index (κ2) is 13.4. The van der Waals surface area contributed by atoms with Crippen LogP contribution in [0.25, 0.3) is 43.6 Å². The molecule has 48 heavy (non-hydrogen) atoms. The van der Waals surface area contributed by atoms with Crippen LogP contribution in [0.3, 0.4) is 0 Å². The van der Waals surface area contributed by atoms with Crippen molar-refractivity contribution in [2.75, 3.05) is 60.9 Å². The largest absolute Gasteiger partial charge is 0.447 e. The average molecular weight is 661 g/mol. The molecule has 0 aliphatic carbocycles. The van der Waals surface area contributed by atoms with E-state index >= 15 is 0 Å². The molecular formula is C36H44N4O8. The van der Waals surface area contributed by atoms with Gasteiger partial charge in [-0.2, -0.15) is 0 Å². The van der Waals surface area contributed by atoms with Crippen LogP contribution in [0.1, 0.15) is 43.3 Å². The highest BCUT2D eigenvalue weighted by Crippen LogP contribution is 2.53. The molecule has 2 N–H and O–H groups in total. The Morgan fingerprint density at radius 2 is 1.60 bits per heavy atom. The number of nitrogens with zero attached hydrogens (tertiary/aromatic N) is 2. The van der Waals surface area contributed by atoms with Gasteiger partial charge in [-0.15, -0.1) is 0 Å². The second-order valence-corrected chi connectivity index (χ2v) is 12.3. The quantitative estimate of drug-likeness (QED) is 0.190. The van der Waals surface area contributed by atoms with Crippen LogP contribution < -0.4 is 10.6 Å². The maximum atomic E-state index is 13.2. The van der Waals surface area contributed by atoms with Gasteiger partial charge in [0.15, 0.2) is 5.72 Å². The van der Waals surface area contributed by atoms with E-state index in [1.165, 1.54) is 7.05 Å². The van der Waals surface area contributed by atoms with Crippen molar-refractivity contribution in [2.45, 2.75) is 44.4 Å². The fourth-order valence-electron chi connectivity index (χ4n) is 7.66. The van der Waals surface area contributed by atoms with Crippen LogP contribution in [-0.2, 0) is 40.7 Å². The number of aromatic nitrogens is 2. The second-order valence-electron chi connectivity index (χ2n) is 12.3. The number of rotatable bonds is 10. The van der Waals surface area contributed by atoms with Crippen molar-refractivity contribution >= 4 is 55.6 Å². The molecule has 12 nitrogen and oxygen atoms in total. The van der Waals surface area contributed by atoms with Gasteiger partial charge in [0.2, 0.25) is 0 Å². The Labute approximate surface area is 279 Å². The van der Waals surface area contributed by atoms with Gasteiger partial charge in [-0.3, -0.25) is 4.79 Å². The fourth-order valence-corrected chi connectivity index (χ4v) is 7.66. The number of benzene rings is 3. The van der Waals surface area contributed by atoms with Crippen LogP contribution in [0.15, 0.2) is 48.5 Å². The smallest absolute Gasteiger partial charge is 0.406 e. The van der Waals surface area contributed by atoms with Crippen molar-refractivity contribution in [3.05, 3.63) is 59.7 Å². The van der Waals surface area contributed by atoms with Crippen molar-refractivity contribution in [3.8, 4) is 0 Å². The molecule has 3 aliphatic rings. The van der Waals surface area contributed by atoms with Crippen LogP contribution in [0.4, 0.5) is 4.79 Å². The normalized spacial score (nSPS) is 21.0. The molecule has 3 aromatic carbocycles. The average Bonchev–Trinajstić information content (AvgIpc) is 3.75. The third-order valence-electron chi connectivity index (χ3n) is 9.65. The SMILES string of the molecule is CNC(=O)OCCOCCOCCOC.CO[C@@H]1CC[C@H]2O[C@]1(C)n1c3ccccc3c3c4c(c5c6ccccc6n2c5c31)C(=O)NC4.[HH]. The monoisotopic (exact) mass is 660 g/mol. The van der Waals surface area contributed by atoms with Crippen molar-refractivity contribution < 1.29 is 39.4 Å². The predicted octanol–water partition coefficient (Wildman–Crippen LogP) is 5.42. The number of methoxy groups -OCH3 is 2. The zero-order chi connectivity index (χ0) is 33.4. The lowest BCUT2D eigenvalue weighted by atomic mass is 9.96. The van der Waals surface area contributed by atoms with E-state index in [4.69, 9.17) is 28.4 Å². The molecule has 1 saturated heterocycles. The molecule has 8 rings (SSSR count). The number of alkyl carbamates (subject to hydrolysis) is 1. The van der Waals surface area contributed by atoms with E-state index in [9.17, 15) is 9.59 Å². The van der Waals surface area contributed by atoms with Crippen LogP contribution in [0.5, 0.6) is 0 Å². The van der Waals surface area contributed by atoms with Gasteiger partial charge < -0.3 is 48.2 Å². The summed E-state index contributed by atoms with van der Waals surface area (Å²) in [7, 11) is 4.91. The minimum Gasteiger partial charge on any atom is -0.447 e. The van der Waals surface area contributed by atoms with Gasteiger partial charge in [-0.05, 0) is 37.5 Å². The molecule has 5 aromatic rings. The van der Waals surface area contributed by atoms with Gasteiger partial charge in [0, 0.05) is 50.8 Å². The summed E-state index contributed by atoms with van der Waals surface area (Å²) in [5.41, 5.74) is 5.72. The van der Waals surface area contributed by atoms with E-state index in [1.807, 2.05) is 0 Å². The summed E-state index contributed by atoms with van der Waals surface area (Å²) < 4.78 is 37.5. The number of amides is 2. The summed E-state index contributed by atoms with van der Waals surface area (Å²) in [5, 5.41) is 9.92. The number of carbonyl (C=O) groups is 2. The Hall–Kier alpha value is -4.20. The van der Waals surface area contributed by atoms with Crippen molar-refractivity contribution in [2.24, 2.45) is 0 Å². The van der Waals surface area contributed by atoms with Crippen LogP contribution >= 0.6 is 0 Å². The van der Waals surface area contributed by atoms with E-state index < -0.39 is 11.8 Å². The summed E-state index contributed by atoms with van der Waals surface area (Å²) >= 11 is 0. The summed E-state index contributed by atoms with van der Waals surface area (Å²) in [4.78, 5) is 23.8. The van der Waals surface area contributed by atoms with Gasteiger partial charge in [0.25, 0.3) is 5.91 Å². The first kappa shape index (κ1) is 32.4. The first-order chi connectivity index (χ1) is 23.4. The molecule has 0 radical (unpaired) electrons. The highest BCUT2D eigenvalue weighted by Gasteiger charge is 2.49. The van der Waals surface area contributed by atoms with Crippen LogP contribution in [-0.4, -0.2) is 88.1 Å². The van der Waals surface area contributed by atoms with Crippen molar-refractivity contribution in [1.29, 1.82) is 0 Å². The number of carbonyl (C=O) groups excluding carboxylic acids is 2. The lowest BCUT2D eigenvalue weighted by molar-refractivity contribution is -0.247. The molecule has 3 aliphatic heterocycles. The Morgan fingerprint density at radius 1 is 0.938 bits per heavy atom. The molecular weight excluding hydrogens is 616 g/mol. The molecule has 256 valence electrons. The zero-order valence-corrected chi connectivity index (χ0v) is 27.8. The van der Waals surface area contributed by atoms with E-state index in [-0.39, 0.29) is 26.3 Å². The predicted molar refractivity (Wildman–Crippen MR) is 183 cm³/mol. The van der Waals surface area contributed by atoms with E-state index in [1.54, 1.807) is 14.2 Å². The maximum absolute atomic E-state index is 13.2. The highest BCUT2D eigenvalue weighted by molar-refractivity contribution is 6.31. The fraction of sp³-hybridized carbons (Fsp3) is 0.444. The number of nitrogens with one attached hydrogen (secondary N) is 2. The van der Waals surface area contributed by atoms with Gasteiger partial charge in [0.1, 0.15) is 18.9 Å². The van der Waals surface area contributed by atoms with E-state index in [0.717, 1.165) is 67.6 Å². The molecule has 2 bridgehead atoms. The third kappa shape index (κ3) is 5.19. The molecule has 0 unspecified atom stereocenters. The molecule has 0 saturated carbocycles. The van der Waals surface area contributed by atoms with Crippen molar-refractivity contribution in [3.63, 3.8) is 0 Å². The van der Waals surface area contributed by atoms with Gasteiger partial charge in [-0.1, -0.05) is 36.4 Å². The minimum absolute atomic E-state index is 0. The molecule has 3 atom stereocenters. The molecule has 0 spiro atoms. The molecule has 5 heterocycles. The zero-order valence-electron chi connectivity index (χ0n) is 27.8. The molecule has 1 fully saturated rings. The first-order valence-corrected chi connectivity index (χ1v) is 16.4. The number of fused-ring (bicyclic) bond motifs is 13. The van der Waals surface area contributed by atoms with Gasteiger partial charge >= 0.3 is 6.09 Å². The third-order valence-corrected chi connectivity index (χ3v) is 9.65. The van der Waals surface area contributed by atoms with E-state index in [0.29, 0.717) is 39.6 Å². The minimum atomic E-state index is -0.670. The molecule has 2 amide bonds. The van der Waals surface area contributed by atoms with Gasteiger partial charge in [0.05, 0.1) is 60.7 Å². The number of ether oxygens (including phenoxy) is 6. The molecule has 12 heteroatoms. The molecule has 2 aromatic heterocycles. The Morgan fingerprint density at radius 3 is 2.31 bits per heavy atom. The number of para-hydroxylation sites is 2. The summed E-state index contributed by atoms with van der Waals surface area (Å²) in [5.74, 6) is 0.0146. The summed E-state index contributed by atoms with van der Waals surface area (Å²) in [6.07, 6.45) is 1.10. The Balaban J connectivity index is 0.000000225. The highest BCUT2D eigenvalue weighted by atomic mass is 16.6. The van der Waals surface area contributed by atoms with E-state index in [2.05, 4.69) is 75.2 Å². The summed E-state index contributed by atoms with van der Waals surface area (Å²) in [6, 6.07) is 16.9. The lowest BCUT2D eigenvalue weighted by Gasteiger charge is -2.44. The standard InChI is InChI=1S/C27H23N3O3.C9H19NO5.H2/c1-27-19(32-2)11-12-20(33-27)29-17-9-5-3-7-14(17)22-23-16(13-28-26(23)31)21-15-8-4-6-10-18(15)30(27)25(21)24(22)29;1-10-9(11)15-8-7-14-6-5-13-4-3-12-2;/h3-10,19-20H,11-13H2,1-2H3,(H,28,31);3-8H2,1-2H3,(H,10,11);1H/t19-,20-,27+;;/m1../s1. The lowest BCUT2D eigenvalue weighted by Crippen LogP contribution is -2.49. The Kier molecular flexibility index (Phi) is 9.01. The number of hydrogen-bond acceptors (Lipinski definition) is 8. The van der Waals surface area contributed by atoms with Crippen molar-refractivity contribution in [1.82, 2.24) is 19.8 Å². The number of hydrogen-bond donors (Lipinski definition) is 2. The first-order valence-electron chi connectivity index (χ1n) is 16.4. The van der Waals surface area contributed by atoms with Crippen LogP contribution in [0.2, 0.25) is 0 Å².